The molecule has 5 heteroatoms. The molecule has 1 amide bonds. The second-order valence-electron chi connectivity index (χ2n) is 8.91. The fourth-order valence-corrected chi connectivity index (χ4v) is 5.31. The van der Waals surface area contributed by atoms with E-state index in [9.17, 15) is 9.18 Å². The van der Waals surface area contributed by atoms with E-state index >= 15 is 0 Å². The van der Waals surface area contributed by atoms with Crippen molar-refractivity contribution in [2.24, 2.45) is 11.3 Å². The molecule has 30 heavy (non-hydrogen) atoms. The van der Waals surface area contributed by atoms with Crippen LogP contribution in [0.25, 0.3) is 10.9 Å². The third-order valence-corrected chi connectivity index (χ3v) is 7.35. The van der Waals surface area contributed by atoms with Gasteiger partial charge in [0.15, 0.2) is 0 Å². The summed E-state index contributed by atoms with van der Waals surface area (Å²) in [4.78, 5) is 17.2. The molecule has 2 saturated carbocycles. The monoisotopic (exact) mass is 422 g/mol. The van der Waals surface area contributed by atoms with Crippen LogP contribution in [0.15, 0.2) is 48.7 Å². The van der Waals surface area contributed by atoms with Gasteiger partial charge in [0.05, 0.1) is 5.52 Å². The molecule has 5 rings (SSSR count). The van der Waals surface area contributed by atoms with Crippen LogP contribution >= 0.6 is 11.6 Å². The summed E-state index contributed by atoms with van der Waals surface area (Å²) in [5.41, 5.74) is 3.61. The van der Waals surface area contributed by atoms with Gasteiger partial charge in [-0.1, -0.05) is 11.6 Å². The van der Waals surface area contributed by atoms with Gasteiger partial charge < -0.3 is 5.32 Å². The van der Waals surface area contributed by atoms with Crippen molar-refractivity contribution in [2.45, 2.75) is 44.9 Å². The number of rotatable bonds is 3. The molecule has 2 fully saturated rings. The number of halogens is 2. The Labute approximate surface area is 180 Å². The quantitative estimate of drug-likeness (QED) is 0.514. The molecule has 0 aliphatic heterocycles. The van der Waals surface area contributed by atoms with Crippen molar-refractivity contribution in [3.8, 4) is 0 Å². The van der Waals surface area contributed by atoms with Gasteiger partial charge in [0.1, 0.15) is 5.82 Å². The number of aromatic nitrogens is 1. The molecule has 2 aliphatic carbocycles. The molecule has 0 unspecified atom stereocenters. The summed E-state index contributed by atoms with van der Waals surface area (Å²) >= 11 is 5.92. The summed E-state index contributed by atoms with van der Waals surface area (Å²) < 4.78 is 14.2. The Morgan fingerprint density at radius 3 is 2.63 bits per heavy atom. The summed E-state index contributed by atoms with van der Waals surface area (Å²) in [7, 11) is 0. The van der Waals surface area contributed by atoms with E-state index in [0.717, 1.165) is 48.7 Å². The van der Waals surface area contributed by atoms with Crippen LogP contribution in [0.4, 0.5) is 10.1 Å². The maximum Gasteiger partial charge on any atom is 0.228 e. The van der Waals surface area contributed by atoms with Crippen molar-refractivity contribution in [2.75, 3.05) is 5.32 Å². The minimum Gasteiger partial charge on any atom is -0.326 e. The lowest BCUT2D eigenvalue weighted by molar-refractivity contribution is -0.118. The van der Waals surface area contributed by atoms with Crippen LogP contribution in [0.5, 0.6) is 0 Å². The van der Waals surface area contributed by atoms with Crippen molar-refractivity contribution in [3.05, 3.63) is 70.6 Å². The fourth-order valence-electron chi connectivity index (χ4n) is 5.19. The highest BCUT2D eigenvalue weighted by Gasteiger charge is 2.58. The number of hydrogen-bond donors (Lipinski definition) is 1. The van der Waals surface area contributed by atoms with Gasteiger partial charge in [0.2, 0.25) is 5.91 Å². The van der Waals surface area contributed by atoms with Gasteiger partial charge >= 0.3 is 0 Å². The second kappa shape index (κ2) is 7.35. The van der Waals surface area contributed by atoms with E-state index in [2.05, 4.69) is 10.3 Å². The van der Waals surface area contributed by atoms with Crippen molar-refractivity contribution in [3.63, 3.8) is 0 Å². The number of fused-ring (bicyclic) bond motifs is 1. The number of hydrogen-bond acceptors (Lipinski definition) is 2. The Morgan fingerprint density at radius 2 is 1.90 bits per heavy atom. The van der Waals surface area contributed by atoms with Crippen molar-refractivity contribution < 1.29 is 9.18 Å². The van der Waals surface area contributed by atoms with Crippen molar-refractivity contribution in [1.82, 2.24) is 4.98 Å². The van der Waals surface area contributed by atoms with Gasteiger partial charge in [-0.25, -0.2) is 4.39 Å². The second-order valence-corrected chi connectivity index (χ2v) is 9.34. The van der Waals surface area contributed by atoms with Crippen molar-refractivity contribution >= 4 is 34.1 Å². The molecule has 0 saturated heterocycles. The third kappa shape index (κ3) is 3.47. The summed E-state index contributed by atoms with van der Waals surface area (Å²) in [5, 5.41) is 4.62. The Kier molecular flexibility index (Phi) is 4.78. The van der Waals surface area contributed by atoms with Crippen LogP contribution < -0.4 is 5.32 Å². The number of carbonyl (C=O) groups excluding carboxylic acids is 1. The average molecular weight is 423 g/mol. The van der Waals surface area contributed by atoms with E-state index in [-0.39, 0.29) is 23.1 Å². The molecule has 3 nitrogen and oxygen atoms in total. The molecular weight excluding hydrogens is 399 g/mol. The summed E-state index contributed by atoms with van der Waals surface area (Å²) in [6.45, 7) is 1.77. The Bertz CT molecular complexity index is 1120. The fraction of sp³-hybridized carbons (Fsp3) is 0.360. The van der Waals surface area contributed by atoms with E-state index in [1.54, 1.807) is 25.1 Å². The lowest BCUT2D eigenvalue weighted by Crippen LogP contribution is -2.22. The van der Waals surface area contributed by atoms with Gasteiger partial charge in [-0.3, -0.25) is 9.78 Å². The van der Waals surface area contributed by atoms with Crippen LogP contribution in [-0.2, 0) is 4.79 Å². The van der Waals surface area contributed by atoms with Crippen molar-refractivity contribution in [1.29, 1.82) is 0 Å². The van der Waals surface area contributed by atoms with Gasteiger partial charge in [-0.15, -0.1) is 0 Å². The van der Waals surface area contributed by atoms with Crippen LogP contribution in [0, 0.1) is 24.1 Å². The van der Waals surface area contributed by atoms with E-state index < -0.39 is 0 Å². The third-order valence-electron chi connectivity index (χ3n) is 7.09. The number of pyridine rings is 1. The highest BCUT2D eigenvalue weighted by molar-refractivity contribution is 6.30. The molecule has 3 aromatic rings. The minimum atomic E-state index is -0.176. The standard InChI is InChI=1S/C25H24ClFN2O/c1-15-12-23-20(13-22(15)27)19(8-11-28-23)16-6-9-25(10-7-16)14-21(25)24(30)29-18-4-2-17(26)3-5-18/h2-5,8,11-13,16,21H,6-7,9-10,14H2,1H3,(H,29,30)/t16?,21-,25?/m0/s1. The summed E-state index contributed by atoms with van der Waals surface area (Å²) in [6, 6.07) is 12.7. The summed E-state index contributed by atoms with van der Waals surface area (Å²) in [6.07, 6.45) is 6.92. The Hall–Kier alpha value is -2.46. The van der Waals surface area contributed by atoms with Crippen LogP contribution in [-0.4, -0.2) is 10.9 Å². The number of nitrogens with one attached hydrogen (secondary N) is 1. The van der Waals surface area contributed by atoms with Gasteiger partial charge in [-0.05, 0) is 104 Å². The van der Waals surface area contributed by atoms with Crippen LogP contribution in [0.2, 0.25) is 5.02 Å². The molecule has 154 valence electrons. The predicted octanol–water partition coefficient (Wildman–Crippen LogP) is 6.64. The highest BCUT2D eigenvalue weighted by Crippen LogP contribution is 2.63. The zero-order valence-electron chi connectivity index (χ0n) is 16.9. The first-order valence-electron chi connectivity index (χ1n) is 10.6. The number of nitrogens with zero attached hydrogens (tertiary/aromatic N) is 1. The van der Waals surface area contributed by atoms with E-state index in [0.29, 0.717) is 16.5 Å². The molecule has 1 spiro atoms. The lowest BCUT2D eigenvalue weighted by Gasteiger charge is -2.30. The molecule has 0 radical (unpaired) electrons. The summed E-state index contributed by atoms with van der Waals surface area (Å²) in [5.74, 6) is 0.417. The number of aryl methyl sites for hydroxylation is 1. The lowest BCUT2D eigenvalue weighted by atomic mass is 9.75. The van der Waals surface area contributed by atoms with Gasteiger partial charge in [0, 0.05) is 28.2 Å². The molecule has 0 bridgehead atoms. The number of anilines is 1. The largest absolute Gasteiger partial charge is 0.326 e. The predicted molar refractivity (Wildman–Crippen MR) is 118 cm³/mol. The van der Waals surface area contributed by atoms with E-state index in [1.807, 2.05) is 30.5 Å². The highest BCUT2D eigenvalue weighted by atomic mass is 35.5. The number of benzene rings is 2. The Morgan fingerprint density at radius 1 is 1.17 bits per heavy atom. The normalized spacial score (nSPS) is 25.4. The van der Waals surface area contributed by atoms with Crippen LogP contribution in [0.3, 0.4) is 0 Å². The maximum atomic E-state index is 14.2. The smallest absolute Gasteiger partial charge is 0.228 e. The average Bonchev–Trinajstić information content (AvgIpc) is 3.44. The first-order chi connectivity index (χ1) is 14.4. The SMILES string of the molecule is Cc1cc2nccc(C3CCC4(CC3)C[C@H]4C(=O)Nc3ccc(Cl)cc3)c2cc1F. The maximum absolute atomic E-state index is 14.2. The molecule has 1 atom stereocenters. The Balaban J connectivity index is 1.27. The van der Waals surface area contributed by atoms with E-state index in [1.165, 1.54) is 5.56 Å². The zero-order valence-corrected chi connectivity index (χ0v) is 17.7. The first-order valence-corrected chi connectivity index (χ1v) is 10.9. The first kappa shape index (κ1) is 19.5. The molecule has 2 aromatic carbocycles. The zero-order chi connectivity index (χ0) is 20.9. The van der Waals surface area contributed by atoms with Gasteiger partial charge in [-0.2, -0.15) is 0 Å². The molecule has 1 N–H and O–H groups in total. The topological polar surface area (TPSA) is 42.0 Å². The van der Waals surface area contributed by atoms with Gasteiger partial charge in [0.25, 0.3) is 0 Å². The molecule has 1 aromatic heterocycles. The number of carbonyl (C=O) groups is 1. The minimum absolute atomic E-state index is 0.0865. The molecule has 1 heterocycles. The molecule has 2 aliphatic rings. The number of amides is 1. The molecular formula is C25H24ClFN2O. The van der Waals surface area contributed by atoms with E-state index in [4.69, 9.17) is 11.6 Å². The van der Waals surface area contributed by atoms with Crippen LogP contribution in [0.1, 0.15) is 49.1 Å².